The lowest BCUT2D eigenvalue weighted by Gasteiger charge is -2.25. The highest BCUT2D eigenvalue weighted by Crippen LogP contribution is 2.24. The Hall–Kier alpha value is -1.83. The van der Waals surface area contributed by atoms with Crippen LogP contribution in [0.2, 0.25) is 0 Å². The molecule has 1 saturated heterocycles. The number of benzene rings is 1. The molecule has 162 valence electrons. The van der Waals surface area contributed by atoms with Gasteiger partial charge >= 0.3 is 0 Å². The third-order valence-corrected chi connectivity index (χ3v) is 6.69. The molecule has 0 spiro atoms. The van der Waals surface area contributed by atoms with Gasteiger partial charge in [0.1, 0.15) is 11.6 Å². The summed E-state index contributed by atoms with van der Waals surface area (Å²) >= 11 is 3.26. The quantitative estimate of drug-likeness (QED) is 0.480. The topological polar surface area (TPSA) is 41.6 Å². The molecule has 1 amide bonds. The number of carbonyl (C=O) groups is 1. The van der Waals surface area contributed by atoms with Gasteiger partial charge in [-0.3, -0.25) is 9.69 Å². The maximum Gasteiger partial charge on any atom is 0.233 e. The minimum Gasteiger partial charge on any atom is -0.492 e. The number of carbonyl (C=O) groups excluding carboxylic acids is 1. The van der Waals surface area contributed by atoms with Crippen LogP contribution in [-0.2, 0) is 17.1 Å². The van der Waals surface area contributed by atoms with Crippen LogP contribution in [0.3, 0.4) is 0 Å². The number of rotatable bonds is 11. The maximum atomic E-state index is 12.9. The molecule has 1 N–H and O–H groups in total. The Morgan fingerprint density at radius 2 is 2.03 bits per heavy atom. The first-order valence-corrected chi connectivity index (χ1v) is 12.4. The van der Waals surface area contributed by atoms with Crippen molar-refractivity contribution >= 4 is 29.0 Å². The molecule has 1 aliphatic heterocycles. The van der Waals surface area contributed by atoms with Crippen molar-refractivity contribution < 1.29 is 13.9 Å². The Bertz CT molecular complexity index is 802. The normalized spacial score (nSPS) is 14.8. The lowest BCUT2D eigenvalue weighted by atomic mass is 10.1. The summed E-state index contributed by atoms with van der Waals surface area (Å²) in [5.74, 6) is 1.70. The molecule has 1 aliphatic rings. The molecule has 0 bridgehead atoms. The number of likely N-dealkylation sites (tertiary alicyclic amines) is 1. The van der Waals surface area contributed by atoms with E-state index in [4.69, 9.17) is 4.74 Å². The molecule has 1 fully saturated rings. The number of amides is 1. The number of piperidine rings is 1. The van der Waals surface area contributed by atoms with Gasteiger partial charge in [0, 0.05) is 29.0 Å². The third-order valence-electron chi connectivity index (χ3n) is 4.79. The van der Waals surface area contributed by atoms with Crippen molar-refractivity contribution in [1.82, 2.24) is 10.2 Å². The van der Waals surface area contributed by atoms with Crippen LogP contribution in [0.4, 0.5) is 4.39 Å². The van der Waals surface area contributed by atoms with E-state index in [1.54, 1.807) is 29.7 Å². The molecule has 4 nitrogen and oxygen atoms in total. The van der Waals surface area contributed by atoms with Crippen molar-refractivity contribution in [3.8, 4) is 5.75 Å². The minimum absolute atomic E-state index is 0.0422. The van der Waals surface area contributed by atoms with Gasteiger partial charge in [-0.25, -0.2) is 4.39 Å². The van der Waals surface area contributed by atoms with E-state index in [-0.39, 0.29) is 11.7 Å². The second kappa shape index (κ2) is 12.8. The SMILES string of the molecule is O=C(CSCc1ccc(F)cc1)N/C=C\CCOc1csc(CN2CCCCC2)c1. The summed E-state index contributed by atoms with van der Waals surface area (Å²) in [5, 5.41) is 4.84. The van der Waals surface area contributed by atoms with E-state index in [1.165, 1.54) is 61.1 Å². The molecule has 2 heterocycles. The highest BCUT2D eigenvalue weighted by atomic mass is 32.2. The number of ether oxygens (including phenoxy) is 1. The van der Waals surface area contributed by atoms with Crippen molar-refractivity contribution in [1.29, 1.82) is 0 Å². The van der Waals surface area contributed by atoms with E-state index >= 15 is 0 Å². The summed E-state index contributed by atoms with van der Waals surface area (Å²) in [6.45, 7) is 4.02. The highest BCUT2D eigenvalue weighted by molar-refractivity contribution is 7.99. The molecular formula is C23H29FN2O2S2. The molecule has 0 unspecified atom stereocenters. The molecule has 0 radical (unpaired) electrons. The van der Waals surface area contributed by atoms with E-state index in [2.05, 4.69) is 21.7 Å². The highest BCUT2D eigenvalue weighted by Gasteiger charge is 2.11. The van der Waals surface area contributed by atoms with Gasteiger partial charge in [0.15, 0.2) is 0 Å². The number of thiophene rings is 1. The van der Waals surface area contributed by atoms with Crippen LogP contribution in [0.5, 0.6) is 5.75 Å². The van der Waals surface area contributed by atoms with Crippen molar-refractivity contribution in [3.05, 3.63) is 64.2 Å². The number of hydrogen-bond acceptors (Lipinski definition) is 5. The number of nitrogens with one attached hydrogen (secondary N) is 1. The van der Waals surface area contributed by atoms with Gasteiger partial charge in [0.2, 0.25) is 5.91 Å². The summed E-state index contributed by atoms with van der Waals surface area (Å²) < 4.78 is 18.7. The van der Waals surface area contributed by atoms with Gasteiger partial charge in [-0.2, -0.15) is 0 Å². The average molecular weight is 449 g/mol. The van der Waals surface area contributed by atoms with Crippen LogP contribution in [-0.4, -0.2) is 36.3 Å². The summed E-state index contributed by atoms with van der Waals surface area (Å²) in [7, 11) is 0. The van der Waals surface area contributed by atoms with Crippen LogP contribution in [0, 0.1) is 5.82 Å². The van der Waals surface area contributed by atoms with Crippen molar-refractivity contribution in [2.45, 2.75) is 38.0 Å². The minimum atomic E-state index is -0.243. The Morgan fingerprint density at radius 3 is 2.83 bits per heavy atom. The van der Waals surface area contributed by atoms with Crippen molar-refractivity contribution in [2.24, 2.45) is 0 Å². The first-order valence-electron chi connectivity index (χ1n) is 10.4. The lowest BCUT2D eigenvalue weighted by molar-refractivity contribution is -0.117. The first kappa shape index (κ1) is 22.8. The Labute approximate surface area is 186 Å². The van der Waals surface area contributed by atoms with E-state index in [0.29, 0.717) is 18.1 Å². The fourth-order valence-corrected chi connectivity index (χ4v) is 4.86. The van der Waals surface area contributed by atoms with Crippen LogP contribution >= 0.6 is 23.1 Å². The Kier molecular flexibility index (Phi) is 9.73. The van der Waals surface area contributed by atoms with Gasteiger partial charge in [-0.05, 0) is 55.9 Å². The molecule has 7 heteroatoms. The molecule has 0 aliphatic carbocycles. The average Bonchev–Trinajstić information content (AvgIpc) is 3.20. The summed E-state index contributed by atoms with van der Waals surface area (Å²) in [6.07, 6.45) is 8.30. The van der Waals surface area contributed by atoms with Gasteiger partial charge in [-0.15, -0.1) is 23.1 Å². The predicted octanol–water partition coefficient (Wildman–Crippen LogP) is 5.21. The van der Waals surface area contributed by atoms with E-state index in [1.807, 2.05) is 6.08 Å². The zero-order valence-corrected chi connectivity index (χ0v) is 18.8. The van der Waals surface area contributed by atoms with Gasteiger partial charge in [0.05, 0.1) is 12.4 Å². The largest absolute Gasteiger partial charge is 0.492 e. The fraction of sp³-hybridized carbons (Fsp3) is 0.435. The van der Waals surface area contributed by atoms with E-state index < -0.39 is 0 Å². The van der Waals surface area contributed by atoms with Crippen LogP contribution < -0.4 is 10.1 Å². The molecule has 0 atom stereocenters. The smallest absolute Gasteiger partial charge is 0.233 e. The molecule has 2 aromatic rings. The fourth-order valence-electron chi connectivity index (χ4n) is 3.22. The molecule has 3 rings (SSSR count). The van der Waals surface area contributed by atoms with Gasteiger partial charge in [-0.1, -0.05) is 24.6 Å². The number of nitrogens with zero attached hydrogens (tertiary/aromatic N) is 1. The number of hydrogen-bond donors (Lipinski definition) is 1. The Balaban J connectivity index is 1.23. The molecular weight excluding hydrogens is 419 g/mol. The standard InChI is InChI=1S/C23H29FN2O2S2/c24-20-8-6-19(7-9-20)16-29-18-23(27)25-10-2-5-13-28-21-14-22(30-17-21)15-26-11-3-1-4-12-26/h2,6-10,14,17H,1,3-5,11-13,15-16,18H2,(H,25,27)/b10-2-. The maximum absolute atomic E-state index is 12.9. The predicted molar refractivity (Wildman–Crippen MR) is 123 cm³/mol. The molecule has 0 saturated carbocycles. The van der Waals surface area contributed by atoms with E-state index in [0.717, 1.165) is 24.3 Å². The van der Waals surface area contributed by atoms with Crippen LogP contribution in [0.15, 0.2) is 48.0 Å². The van der Waals surface area contributed by atoms with Crippen molar-refractivity contribution in [2.75, 3.05) is 25.4 Å². The van der Waals surface area contributed by atoms with E-state index in [9.17, 15) is 9.18 Å². The summed E-state index contributed by atoms with van der Waals surface area (Å²) in [4.78, 5) is 15.7. The number of thioether (sulfide) groups is 1. The summed E-state index contributed by atoms with van der Waals surface area (Å²) in [6, 6.07) is 8.50. The first-order chi connectivity index (χ1) is 14.7. The Morgan fingerprint density at radius 1 is 1.23 bits per heavy atom. The second-order valence-electron chi connectivity index (χ2n) is 7.31. The molecule has 30 heavy (non-hydrogen) atoms. The third kappa shape index (κ3) is 8.50. The lowest BCUT2D eigenvalue weighted by Crippen LogP contribution is -2.28. The van der Waals surface area contributed by atoms with Crippen molar-refractivity contribution in [3.63, 3.8) is 0 Å². The van der Waals surface area contributed by atoms with Crippen LogP contribution in [0.1, 0.15) is 36.1 Å². The molecule has 1 aromatic carbocycles. The zero-order valence-electron chi connectivity index (χ0n) is 17.1. The zero-order chi connectivity index (χ0) is 21.0. The monoisotopic (exact) mass is 448 g/mol. The number of halogens is 1. The molecule has 1 aromatic heterocycles. The second-order valence-corrected chi connectivity index (χ2v) is 9.29. The summed E-state index contributed by atoms with van der Waals surface area (Å²) in [5.41, 5.74) is 1.01. The van der Waals surface area contributed by atoms with Gasteiger partial charge < -0.3 is 10.1 Å². The van der Waals surface area contributed by atoms with Gasteiger partial charge in [0.25, 0.3) is 0 Å². The van der Waals surface area contributed by atoms with Crippen LogP contribution in [0.25, 0.3) is 0 Å².